The molecule has 5 heteroatoms. The Kier molecular flexibility index (Phi) is 4.67. The molecular weight excluding hydrogens is 235 g/mol. The summed E-state index contributed by atoms with van der Waals surface area (Å²) in [5.74, 6) is -0.549. The van der Waals surface area contributed by atoms with Crippen LogP contribution in [-0.4, -0.2) is 19.6 Å². The van der Waals surface area contributed by atoms with Gasteiger partial charge in [0.2, 0.25) is 5.91 Å². The van der Waals surface area contributed by atoms with Crippen LogP contribution in [0, 0.1) is 11.2 Å². The molecule has 100 valence electrons. The molecule has 0 bridgehead atoms. The highest BCUT2D eigenvalue weighted by Crippen LogP contribution is 2.25. The highest BCUT2D eigenvalue weighted by Gasteiger charge is 2.29. The molecule has 3 N–H and O–H groups in total. The number of benzene rings is 1. The van der Waals surface area contributed by atoms with Crippen molar-refractivity contribution in [1.82, 2.24) is 0 Å². The van der Waals surface area contributed by atoms with Crippen molar-refractivity contribution < 1.29 is 13.9 Å². The molecule has 0 spiro atoms. The predicted octanol–water partition coefficient (Wildman–Crippen LogP) is 2.15. The molecule has 0 aliphatic rings. The fourth-order valence-corrected chi connectivity index (χ4v) is 1.42. The first kappa shape index (κ1) is 14.4. The van der Waals surface area contributed by atoms with Crippen LogP contribution in [0.1, 0.15) is 20.3 Å². The maximum absolute atomic E-state index is 13.2. The van der Waals surface area contributed by atoms with Crippen molar-refractivity contribution in [2.45, 2.75) is 20.3 Å². The summed E-state index contributed by atoms with van der Waals surface area (Å²) >= 11 is 0. The molecule has 0 aliphatic heterocycles. The average molecular weight is 254 g/mol. The third kappa shape index (κ3) is 2.98. The zero-order valence-corrected chi connectivity index (χ0v) is 10.9. The lowest BCUT2D eigenvalue weighted by molar-refractivity contribution is -0.124. The Labute approximate surface area is 106 Å². The van der Waals surface area contributed by atoms with E-state index >= 15 is 0 Å². The summed E-state index contributed by atoms with van der Waals surface area (Å²) in [5.41, 5.74) is 5.48. The van der Waals surface area contributed by atoms with E-state index in [-0.39, 0.29) is 18.2 Å². The fraction of sp³-hybridized carbons (Fsp3) is 0.462. The van der Waals surface area contributed by atoms with Gasteiger partial charge >= 0.3 is 0 Å². The topological polar surface area (TPSA) is 64.4 Å². The molecular formula is C13H19FN2O2. The number of hydrogen-bond donors (Lipinski definition) is 2. The summed E-state index contributed by atoms with van der Waals surface area (Å²) in [6, 6.07) is 4.18. The second kappa shape index (κ2) is 5.82. The molecule has 1 unspecified atom stereocenters. The van der Waals surface area contributed by atoms with E-state index in [2.05, 4.69) is 5.32 Å². The number of carbonyl (C=O) groups excluding carboxylic acids is 1. The quantitative estimate of drug-likeness (QED) is 0.846. The largest absolute Gasteiger partial charge is 0.494 e. The first-order valence-corrected chi connectivity index (χ1v) is 5.82. The van der Waals surface area contributed by atoms with Gasteiger partial charge < -0.3 is 15.8 Å². The molecule has 0 radical (unpaired) electrons. The Bertz CT molecular complexity index is 431. The van der Waals surface area contributed by atoms with E-state index in [1.54, 1.807) is 6.92 Å². The lowest BCUT2D eigenvalue weighted by atomic mass is 9.86. The van der Waals surface area contributed by atoms with Crippen molar-refractivity contribution in [2.24, 2.45) is 11.1 Å². The number of nitrogens with two attached hydrogens (primary N) is 1. The van der Waals surface area contributed by atoms with Crippen LogP contribution in [0.3, 0.4) is 0 Å². The predicted molar refractivity (Wildman–Crippen MR) is 69.0 cm³/mol. The molecule has 4 nitrogen and oxygen atoms in total. The molecule has 1 amide bonds. The van der Waals surface area contributed by atoms with E-state index in [0.29, 0.717) is 12.1 Å². The van der Waals surface area contributed by atoms with E-state index in [4.69, 9.17) is 10.5 Å². The van der Waals surface area contributed by atoms with Crippen molar-refractivity contribution in [3.63, 3.8) is 0 Å². The number of amides is 1. The summed E-state index contributed by atoms with van der Waals surface area (Å²) in [5, 5.41) is 2.72. The second-order valence-electron chi connectivity index (χ2n) is 4.42. The van der Waals surface area contributed by atoms with Crippen molar-refractivity contribution in [1.29, 1.82) is 0 Å². The van der Waals surface area contributed by atoms with Crippen LogP contribution in [0.5, 0.6) is 5.75 Å². The first-order chi connectivity index (χ1) is 8.46. The van der Waals surface area contributed by atoms with Crippen molar-refractivity contribution in [3.05, 3.63) is 24.0 Å². The van der Waals surface area contributed by atoms with Gasteiger partial charge in [0.05, 0.1) is 12.5 Å². The van der Waals surface area contributed by atoms with E-state index in [0.717, 1.165) is 0 Å². The number of anilines is 1. The lowest BCUT2D eigenvalue weighted by Crippen LogP contribution is -2.39. The zero-order valence-electron chi connectivity index (χ0n) is 10.9. The highest BCUT2D eigenvalue weighted by atomic mass is 19.1. The van der Waals surface area contributed by atoms with Crippen LogP contribution in [-0.2, 0) is 4.79 Å². The molecule has 0 aromatic heterocycles. The van der Waals surface area contributed by atoms with Gasteiger partial charge in [-0.05, 0) is 25.5 Å². The van der Waals surface area contributed by atoms with Gasteiger partial charge in [-0.1, -0.05) is 6.92 Å². The summed E-state index contributed by atoms with van der Waals surface area (Å²) in [4.78, 5) is 12.1. The van der Waals surface area contributed by atoms with Crippen molar-refractivity contribution >= 4 is 11.6 Å². The minimum absolute atomic E-state index is 0.0961. The average Bonchev–Trinajstić information content (AvgIpc) is 2.39. The van der Waals surface area contributed by atoms with E-state index < -0.39 is 11.2 Å². The number of methoxy groups -OCH3 is 1. The van der Waals surface area contributed by atoms with E-state index in [1.165, 1.54) is 25.3 Å². The van der Waals surface area contributed by atoms with Crippen LogP contribution in [0.2, 0.25) is 0 Å². The van der Waals surface area contributed by atoms with Gasteiger partial charge in [-0.3, -0.25) is 4.79 Å². The lowest BCUT2D eigenvalue weighted by Gasteiger charge is -2.25. The fourth-order valence-electron chi connectivity index (χ4n) is 1.42. The Hall–Kier alpha value is -1.62. The Morgan fingerprint density at radius 2 is 2.22 bits per heavy atom. The van der Waals surface area contributed by atoms with Crippen molar-refractivity contribution in [3.8, 4) is 5.75 Å². The number of ether oxygens (including phenoxy) is 1. The highest BCUT2D eigenvalue weighted by molar-refractivity contribution is 5.95. The normalized spacial score (nSPS) is 13.8. The van der Waals surface area contributed by atoms with Crippen LogP contribution >= 0.6 is 0 Å². The Balaban J connectivity index is 2.88. The van der Waals surface area contributed by atoms with Gasteiger partial charge in [0.1, 0.15) is 0 Å². The van der Waals surface area contributed by atoms with Gasteiger partial charge in [0.25, 0.3) is 0 Å². The molecule has 1 aromatic rings. The van der Waals surface area contributed by atoms with Crippen LogP contribution < -0.4 is 15.8 Å². The molecule has 0 heterocycles. The molecule has 1 atom stereocenters. The Morgan fingerprint density at radius 1 is 1.56 bits per heavy atom. The number of hydrogen-bond acceptors (Lipinski definition) is 3. The smallest absolute Gasteiger partial charge is 0.231 e. The summed E-state index contributed by atoms with van der Waals surface area (Å²) in [7, 11) is 1.38. The zero-order chi connectivity index (χ0) is 13.8. The standard InChI is InChI=1S/C13H19FN2O2/c1-4-13(2,8-15)12(17)16-9-5-6-10(14)11(7-9)18-3/h5-7H,4,8,15H2,1-3H3,(H,16,17). The summed E-state index contributed by atoms with van der Waals surface area (Å²) in [6.07, 6.45) is 0.633. The van der Waals surface area contributed by atoms with Crippen LogP contribution in [0.15, 0.2) is 18.2 Å². The monoisotopic (exact) mass is 254 g/mol. The minimum atomic E-state index is -0.623. The number of nitrogens with one attached hydrogen (secondary N) is 1. The van der Waals surface area contributed by atoms with Crippen LogP contribution in [0.25, 0.3) is 0 Å². The molecule has 0 fully saturated rings. The minimum Gasteiger partial charge on any atom is -0.494 e. The number of halogens is 1. The maximum atomic E-state index is 13.2. The SMILES string of the molecule is CCC(C)(CN)C(=O)Nc1ccc(F)c(OC)c1. The van der Waals surface area contributed by atoms with Gasteiger partial charge in [-0.2, -0.15) is 0 Å². The summed E-state index contributed by atoms with van der Waals surface area (Å²) < 4.78 is 18.1. The summed E-state index contributed by atoms with van der Waals surface area (Å²) in [6.45, 7) is 3.95. The molecule has 0 aliphatic carbocycles. The Morgan fingerprint density at radius 3 is 2.72 bits per heavy atom. The molecule has 1 aromatic carbocycles. The van der Waals surface area contributed by atoms with Crippen molar-refractivity contribution in [2.75, 3.05) is 19.0 Å². The van der Waals surface area contributed by atoms with Gasteiger partial charge in [-0.15, -0.1) is 0 Å². The third-order valence-electron chi connectivity index (χ3n) is 3.19. The molecule has 0 saturated heterocycles. The first-order valence-electron chi connectivity index (χ1n) is 5.82. The molecule has 1 rings (SSSR count). The van der Waals surface area contributed by atoms with Crippen LogP contribution in [0.4, 0.5) is 10.1 Å². The van der Waals surface area contributed by atoms with E-state index in [1.807, 2.05) is 6.92 Å². The van der Waals surface area contributed by atoms with E-state index in [9.17, 15) is 9.18 Å². The van der Waals surface area contributed by atoms with Gasteiger partial charge in [0, 0.05) is 18.3 Å². The maximum Gasteiger partial charge on any atom is 0.231 e. The number of carbonyl (C=O) groups is 1. The van der Waals surface area contributed by atoms with Gasteiger partial charge in [0.15, 0.2) is 11.6 Å². The molecule has 0 saturated carbocycles. The number of rotatable bonds is 5. The second-order valence-corrected chi connectivity index (χ2v) is 4.42. The third-order valence-corrected chi connectivity index (χ3v) is 3.19. The van der Waals surface area contributed by atoms with Gasteiger partial charge in [-0.25, -0.2) is 4.39 Å². The molecule has 18 heavy (non-hydrogen) atoms.